The Bertz CT molecular complexity index is 824. The van der Waals surface area contributed by atoms with Gasteiger partial charge in [0.2, 0.25) is 0 Å². The molecule has 6 heteroatoms. The maximum Gasteiger partial charge on any atom is 0.306 e. The SMILES string of the molecule is CCCCCCCCCCCCCCCCCCC(=O)OC[C@@H](COC(=O)CCCCCCCCC(C)C)OC(=O)CCCCCCCCCCC(C)C. The summed E-state index contributed by atoms with van der Waals surface area (Å²) in [5, 5.41) is 0. The van der Waals surface area contributed by atoms with E-state index in [1.165, 1.54) is 148 Å². The molecule has 0 saturated heterocycles. The fourth-order valence-electron chi connectivity index (χ4n) is 7.11. The van der Waals surface area contributed by atoms with Gasteiger partial charge in [0.05, 0.1) is 0 Å². The van der Waals surface area contributed by atoms with E-state index >= 15 is 0 Å². The van der Waals surface area contributed by atoms with Gasteiger partial charge >= 0.3 is 17.9 Å². The maximum atomic E-state index is 12.7. The highest BCUT2D eigenvalue weighted by Crippen LogP contribution is 2.17. The van der Waals surface area contributed by atoms with Crippen molar-refractivity contribution < 1.29 is 28.6 Å². The van der Waals surface area contributed by atoms with Crippen molar-refractivity contribution in [2.45, 2.75) is 265 Å². The second-order valence-electron chi connectivity index (χ2n) is 17.3. The molecule has 1 atom stereocenters. The quantitative estimate of drug-likeness (QED) is 0.0350. The Hall–Kier alpha value is -1.59. The summed E-state index contributed by atoms with van der Waals surface area (Å²) >= 11 is 0. The van der Waals surface area contributed by atoms with Crippen LogP contribution in [0.1, 0.15) is 259 Å². The minimum Gasteiger partial charge on any atom is -0.462 e. The second-order valence-corrected chi connectivity index (χ2v) is 17.3. The Morgan fingerprint density at radius 3 is 0.907 bits per heavy atom. The van der Waals surface area contributed by atoms with Gasteiger partial charge in [0.15, 0.2) is 6.10 Å². The van der Waals surface area contributed by atoms with Crippen LogP contribution in [0.2, 0.25) is 0 Å². The third-order valence-corrected chi connectivity index (χ3v) is 10.7. The number of ether oxygens (including phenoxy) is 3. The molecule has 0 aromatic rings. The van der Waals surface area contributed by atoms with Crippen molar-refractivity contribution in [2.24, 2.45) is 11.8 Å². The third-order valence-electron chi connectivity index (χ3n) is 10.7. The van der Waals surface area contributed by atoms with Crippen LogP contribution < -0.4 is 0 Å². The highest BCUT2D eigenvalue weighted by molar-refractivity contribution is 5.71. The van der Waals surface area contributed by atoms with Gasteiger partial charge in [-0.2, -0.15) is 0 Å². The molecule has 6 nitrogen and oxygen atoms in total. The van der Waals surface area contributed by atoms with Crippen molar-refractivity contribution in [2.75, 3.05) is 13.2 Å². The molecule has 0 spiro atoms. The lowest BCUT2D eigenvalue weighted by Crippen LogP contribution is -2.30. The summed E-state index contributed by atoms with van der Waals surface area (Å²) in [7, 11) is 0. The minimum absolute atomic E-state index is 0.0656. The van der Waals surface area contributed by atoms with E-state index in [1.54, 1.807) is 0 Å². The lowest BCUT2D eigenvalue weighted by atomic mass is 10.0. The summed E-state index contributed by atoms with van der Waals surface area (Å²) in [6.07, 6.45) is 39.6. The lowest BCUT2D eigenvalue weighted by Gasteiger charge is -2.18. The van der Waals surface area contributed by atoms with Gasteiger partial charge in [-0.1, -0.05) is 221 Å². The highest BCUT2D eigenvalue weighted by Gasteiger charge is 2.19. The van der Waals surface area contributed by atoms with Gasteiger partial charge in [0.25, 0.3) is 0 Å². The molecule has 0 aliphatic carbocycles. The molecule has 0 unspecified atom stereocenters. The maximum absolute atomic E-state index is 12.7. The molecule has 0 fully saturated rings. The number of esters is 3. The van der Waals surface area contributed by atoms with E-state index in [2.05, 4.69) is 34.6 Å². The Balaban J connectivity index is 4.27. The Labute approximate surface area is 336 Å². The van der Waals surface area contributed by atoms with Gasteiger partial charge in [-0.05, 0) is 31.1 Å². The van der Waals surface area contributed by atoms with Crippen LogP contribution in [-0.2, 0) is 28.6 Å². The van der Waals surface area contributed by atoms with Gasteiger partial charge in [-0.15, -0.1) is 0 Å². The van der Waals surface area contributed by atoms with Gasteiger partial charge in [0.1, 0.15) is 13.2 Å². The fraction of sp³-hybridized carbons (Fsp3) is 0.938. The summed E-state index contributed by atoms with van der Waals surface area (Å²) in [4.78, 5) is 37.7. The molecule has 0 saturated carbocycles. The first-order valence-corrected chi connectivity index (χ1v) is 23.7. The van der Waals surface area contributed by atoms with Crippen molar-refractivity contribution in [1.82, 2.24) is 0 Å². The van der Waals surface area contributed by atoms with Crippen LogP contribution in [0.3, 0.4) is 0 Å². The zero-order valence-corrected chi connectivity index (χ0v) is 36.8. The molecule has 0 amide bonds. The smallest absolute Gasteiger partial charge is 0.306 e. The Morgan fingerprint density at radius 2 is 0.611 bits per heavy atom. The van der Waals surface area contributed by atoms with Crippen LogP contribution >= 0.6 is 0 Å². The summed E-state index contributed by atoms with van der Waals surface area (Å²) < 4.78 is 16.7. The van der Waals surface area contributed by atoms with Gasteiger partial charge < -0.3 is 14.2 Å². The van der Waals surface area contributed by atoms with E-state index in [-0.39, 0.29) is 31.1 Å². The molecule has 320 valence electrons. The van der Waals surface area contributed by atoms with Crippen molar-refractivity contribution in [1.29, 1.82) is 0 Å². The van der Waals surface area contributed by atoms with E-state index in [1.807, 2.05) is 0 Å². The molecule has 0 radical (unpaired) electrons. The predicted molar refractivity (Wildman–Crippen MR) is 229 cm³/mol. The Kier molecular flexibility index (Phi) is 39.8. The topological polar surface area (TPSA) is 78.9 Å². The molecule has 0 aromatic heterocycles. The van der Waals surface area contributed by atoms with Crippen molar-refractivity contribution in [3.63, 3.8) is 0 Å². The zero-order valence-electron chi connectivity index (χ0n) is 36.8. The van der Waals surface area contributed by atoms with E-state index < -0.39 is 6.10 Å². The molecular weight excluding hydrogens is 673 g/mol. The van der Waals surface area contributed by atoms with Crippen molar-refractivity contribution >= 4 is 17.9 Å². The molecule has 0 bridgehead atoms. The van der Waals surface area contributed by atoms with Crippen LogP contribution in [0, 0.1) is 11.8 Å². The molecule has 0 N–H and O–H groups in total. The zero-order chi connectivity index (χ0) is 39.7. The molecule has 0 heterocycles. The van der Waals surface area contributed by atoms with Gasteiger partial charge in [0, 0.05) is 19.3 Å². The average molecular weight is 765 g/mol. The highest BCUT2D eigenvalue weighted by atomic mass is 16.6. The van der Waals surface area contributed by atoms with E-state index in [0.717, 1.165) is 69.6 Å². The monoisotopic (exact) mass is 765 g/mol. The minimum atomic E-state index is -0.761. The van der Waals surface area contributed by atoms with Crippen molar-refractivity contribution in [3.8, 4) is 0 Å². The molecule has 54 heavy (non-hydrogen) atoms. The summed E-state index contributed by atoms with van der Waals surface area (Å²) in [6, 6.07) is 0. The molecule has 0 rings (SSSR count). The van der Waals surface area contributed by atoms with Crippen LogP contribution in [0.4, 0.5) is 0 Å². The van der Waals surface area contributed by atoms with Crippen molar-refractivity contribution in [3.05, 3.63) is 0 Å². The first-order chi connectivity index (χ1) is 26.2. The number of rotatable bonds is 42. The van der Waals surface area contributed by atoms with Crippen LogP contribution in [0.15, 0.2) is 0 Å². The van der Waals surface area contributed by atoms with E-state index in [9.17, 15) is 14.4 Å². The van der Waals surface area contributed by atoms with Crippen LogP contribution in [-0.4, -0.2) is 37.2 Å². The summed E-state index contributed by atoms with van der Waals surface area (Å²) in [5.41, 5.74) is 0. The standard InChI is InChI=1S/C48H92O6/c1-6-7-8-9-10-11-12-13-14-15-16-17-18-22-28-33-38-46(49)52-41-45(42-53-47(50)39-34-29-25-24-27-32-37-44(4)5)54-48(51)40-35-30-23-20-19-21-26-31-36-43(2)3/h43-45H,6-42H2,1-5H3/t45-/m0/s1. The van der Waals surface area contributed by atoms with E-state index in [0.29, 0.717) is 19.3 Å². The molecular formula is C48H92O6. The third kappa shape index (κ3) is 41.6. The number of hydrogen-bond acceptors (Lipinski definition) is 6. The summed E-state index contributed by atoms with van der Waals surface area (Å²) in [6.45, 7) is 11.2. The number of hydrogen-bond donors (Lipinski definition) is 0. The first-order valence-electron chi connectivity index (χ1n) is 23.7. The lowest BCUT2D eigenvalue weighted by molar-refractivity contribution is -0.167. The van der Waals surface area contributed by atoms with Gasteiger partial charge in [-0.25, -0.2) is 0 Å². The number of unbranched alkanes of at least 4 members (excludes halogenated alkanes) is 27. The predicted octanol–water partition coefficient (Wildman–Crippen LogP) is 15.0. The van der Waals surface area contributed by atoms with Gasteiger partial charge in [-0.3, -0.25) is 14.4 Å². The number of carbonyl (C=O) groups excluding carboxylic acids is 3. The Morgan fingerprint density at radius 1 is 0.352 bits per heavy atom. The van der Waals surface area contributed by atoms with Crippen LogP contribution in [0.5, 0.6) is 0 Å². The first kappa shape index (κ1) is 52.4. The normalized spacial score (nSPS) is 12.1. The number of carbonyl (C=O) groups is 3. The second kappa shape index (κ2) is 41.1. The summed E-state index contributed by atoms with van der Waals surface area (Å²) in [5.74, 6) is 0.695. The van der Waals surface area contributed by atoms with E-state index in [4.69, 9.17) is 14.2 Å². The molecule has 0 aliphatic heterocycles. The largest absolute Gasteiger partial charge is 0.462 e. The molecule has 0 aromatic carbocycles. The fourth-order valence-corrected chi connectivity index (χ4v) is 7.11. The molecule has 0 aliphatic rings. The van der Waals surface area contributed by atoms with Crippen LogP contribution in [0.25, 0.3) is 0 Å². The average Bonchev–Trinajstić information content (AvgIpc) is 3.14.